The van der Waals surface area contributed by atoms with Crippen LogP contribution in [0.5, 0.6) is 5.88 Å². The van der Waals surface area contributed by atoms with Crippen molar-refractivity contribution in [3.8, 4) is 5.88 Å². The number of methoxy groups -OCH3 is 1. The number of aryl methyl sites for hydroxylation is 1. The first-order chi connectivity index (χ1) is 6.22. The molecule has 0 atom stereocenters. The molecule has 2 aromatic rings. The topological polar surface area (TPSA) is 27.1 Å². The fourth-order valence-electron chi connectivity index (χ4n) is 1.29. The third kappa shape index (κ3) is 1.25. The van der Waals surface area contributed by atoms with E-state index in [2.05, 4.69) is 4.98 Å². The molecule has 0 amide bonds. The van der Waals surface area contributed by atoms with Gasteiger partial charge >= 0.3 is 0 Å². The molecule has 0 fully saturated rings. The second kappa shape index (κ2) is 2.92. The fourth-order valence-corrected chi connectivity index (χ4v) is 1.52. The van der Waals surface area contributed by atoms with Gasteiger partial charge in [0.05, 0.1) is 7.11 Å². The van der Waals surface area contributed by atoms with E-state index in [1.54, 1.807) is 7.11 Å². The number of pyridine rings is 1. The van der Waals surface area contributed by atoms with Crippen LogP contribution in [0.4, 0.5) is 0 Å². The Kier molecular flexibility index (Phi) is 1.88. The zero-order valence-corrected chi connectivity index (χ0v) is 8.17. The Balaban J connectivity index is 2.77. The van der Waals surface area contributed by atoms with Gasteiger partial charge in [-0.3, -0.25) is 0 Å². The Bertz CT molecular complexity index is 450. The SMILES string of the molecule is COc1nc2c(ccn2C)cc1Cl. The molecule has 2 aromatic heterocycles. The van der Waals surface area contributed by atoms with Crippen LogP contribution >= 0.6 is 11.6 Å². The van der Waals surface area contributed by atoms with Crippen molar-refractivity contribution in [3.63, 3.8) is 0 Å². The van der Waals surface area contributed by atoms with E-state index in [-0.39, 0.29) is 0 Å². The van der Waals surface area contributed by atoms with E-state index in [4.69, 9.17) is 16.3 Å². The van der Waals surface area contributed by atoms with Crippen LogP contribution in [0.3, 0.4) is 0 Å². The van der Waals surface area contributed by atoms with Crippen LogP contribution in [0.15, 0.2) is 18.3 Å². The molecule has 13 heavy (non-hydrogen) atoms. The quantitative estimate of drug-likeness (QED) is 0.700. The average molecular weight is 197 g/mol. The molecule has 4 heteroatoms. The summed E-state index contributed by atoms with van der Waals surface area (Å²) in [6, 6.07) is 3.82. The van der Waals surface area contributed by atoms with Gasteiger partial charge in [-0.05, 0) is 12.1 Å². The van der Waals surface area contributed by atoms with Crippen LogP contribution in [0.25, 0.3) is 11.0 Å². The summed E-state index contributed by atoms with van der Waals surface area (Å²) in [5.74, 6) is 0.468. The molecule has 0 bridgehead atoms. The van der Waals surface area contributed by atoms with Crippen LogP contribution in [0.2, 0.25) is 5.02 Å². The van der Waals surface area contributed by atoms with Gasteiger partial charge in [0, 0.05) is 18.6 Å². The predicted molar refractivity (Wildman–Crippen MR) is 52.3 cm³/mol. The second-order valence-corrected chi connectivity index (χ2v) is 3.23. The van der Waals surface area contributed by atoms with Gasteiger partial charge in [0.15, 0.2) is 0 Å². The van der Waals surface area contributed by atoms with Gasteiger partial charge in [-0.25, -0.2) is 0 Å². The Morgan fingerprint density at radius 1 is 1.54 bits per heavy atom. The normalized spacial score (nSPS) is 10.7. The summed E-state index contributed by atoms with van der Waals surface area (Å²) in [6.07, 6.45) is 1.94. The highest BCUT2D eigenvalue weighted by molar-refractivity contribution is 6.32. The number of halogens is 1. The van der Waals surface area contributed by atoms with E-state index in [1.165, 1.54) is 0 Å². The van der Waals surface area contributed by atoms with Crippen molar-refractivity contribution in [2.75, 3.05) is 7.11 Å². The lowest BCUT2D eigenvalue weighted by molar-refractivity contribution is 0.399. The summed E-state index contributed by atoms with van der Waals surface area (Å²) >= 11 is 5.92. The van der Waals surface area contributed by atoms with Crippen molar-refractivity contribution in [1.82, 2.24) is 9.55 Å². The molecule has 0 unspecified atom stereocenters. The summed E-state index contributed by atoms with van der Waals surface area (Å²) < 4.78 is 6.95. The Morgan fingerprint density at radius 3 is 3.00 bits per heavy atom. The number of hydrogen-bond acceptors (Lipinski definition) is 2. The first-order valence-corrected chi connectivity index (χ1v) is 4.25. The highest BCUT2D eigenvalue weighted by Crippen LogP contribution is 2.26. The molecule has 0 aliphatic heterocycles. The first-order valence-electron chi connectivity index (χ1n) is 3.88. The van der Waals surface area contributed by atoms with Crippen LogP contribution in [0, 0.1) is 0 Å². The summed E-state index contributed by atoms with van der Waals surface area (Å²) in [6.45, 7) is 0. The van der Waals surface area contributed by atoms with E-state index in [0.29, 0.717) is 10.9 Å². The summed E-state index contributed by atoms with van der Waals surface area (Å²) in [5, 5.41) is 1.56. The molecule has 0 saturated carbocycles. The molecule has 0 aromatic carbocycles. The van der Waals surface area contributed by atoms with Crippen LogP contribution in [-0.4, -0.2) is 16.7 Å². The van der Waals surface area contributed by atoms with Gasteiger partial charge < -0.3 is 9.30 Å². The Labute approximate surface area is 80.9 Å². The van der Waals surface area contributed by atoms with Crippen molar-refractivity contribution >= 4 is 22.6 Å². The van der Waals surface area contributed by atoms with Gasteiger partial charge in [0.25, 0.3) is 0 Å². The minimum Gasteiger partial charge on any atom is -0.480 e. The lowest BCUT2D eigenvalue weighted by Gasteiger charge is -2.02. The third-order valence-electron chi connectivity index (χ3n) is 1.96. The number of nitrogens with zero attached hydrogens (tertiary/aromatic N) is 2. The maximum absolute atomic E-state index is 5.92. The van der Waals surface area contributed by atoms with Gasteiger partial charge in [0.1, 0.15) is 10.7 Å². The molecule has 0 spiro atoms. The van der Waals surface area contributed by atoms with Crippen LogP contribution < -0.4 is 4.74 Å². The number of rotatable bonds is 1. The maximum atomic E-state index is 5.92. The van der Waals surface area contributed by atoms with Gasteiger partial charge in [0.2, 0.25) is 5.88 Å². The van der Waals surface area contributed by atoms with E-state index in [9.17, 15) is 0 Å². The van der Waals surface area contributed by atoms with Crippen LogP contribution in [0.1, 0.15) is 0 Å². The van der Waals surface area contributed by atoms with Crippen molar-refractivity contribution in [2.45, 2.75) is 0 Å². The zero-order valence-electron chi connectivity index (χ0n) is 7.41. The molecule has 0 saturated heterocycles. The smallest absolute Gasteiger partial charge is 0.234 e. The molecule has 0 N–H and O–H groups in total. The van der Waals surface area contributed by atoms with Gasteiger partial charge in [-0.15, -0.1) is 0 Å². The Morgan fingerprint density at radius 2 is 2.31 bits per heavy atom. The lowest BCUT2D eigenvalue weighted by Crippen LogP contribution is -1.92. The number of fused-ring (bicyclic) bond motifs is 1. The number of aromatic nitrogens is 2. The molecule has 3 nitrogen and oxygen atoms in total. The second-order valence-electron chi connectivity index (χ2n) is 2.82. The zero-order chi connectivity index (χ0) is 9.42. The largest absolute Gasteiger partial charge is 0.480 e. The molecule has 0 radical (unpaired) electrons. The van der Waals surface area contributed by atoms with E-state index in [1.807, 2.05) is 29.9 Å². The number of hydrogen-bond donors (Lipinski definition) is 0. The summed E-state index contributed by atoms with van der Waals surface area (Å²) in [7, 11) is 3.49. The molecule has 68 valence electrons. The Hall–Kier alpha value is -1.22. The molecular formula is C9H9ClN2O. The lowest BCUT2D eigenvalue weighted by atomic mass is 10.3. The molecule has 2 heterocycles. The fraction of sp³-hybridized carbons (Fsp3) is 0.222. The molecule has 0 aliphatic rings. The number of ether oxygens (including phenoxy) is 1. The summed E-state index contributed by atoms with van der Waals surface area (Å²) in [4.78, 5) is 4.26. The molecule has 2 rings (SSSR count). The van der Waals surface area contributed by atoms with E-state index < -0.39 is 0 Å². The highest BCUT2D eigenvalue weighted by atomic mass is 35.5. The first kappa shape index (κ1) is 8.38. The molecule has 0 aliphatic carbocycles. The van der Waals surface area contributed by atoms with E-state index >= 15 is 0 Å². The highest BCUT2D eigenvalue weighted by Gasteiger charge is 2.06. The van der Waals surface area contributed by atoms with Crippen molar-refractivity contribution in [2.24, 2.45) is 7.05 Å². The minimum atomic E-state index is 0.468. The standard InChI is InChI=1S/C9H9ClN2O/c1-12-4-3-6-5-7(10)9(13-2)11-8(6)12/h3-5H,1-2H3. The van der Waals surface area contributed by atoms with Crippen molar-refractivity contribution in [3.05, 3.63) is 23.4 Å². The van der Waals surface area contributed by atoms with E-state index in [0.717, 1.165) is 11.0 Å². The summed E-state index contributed by atoms with van der Waals surface area (Å²) in [5.41, 5.74) is 0.876. The minimum absolute atomic E-state index is 0.468. The van der Waals surface area contributed by atoms with Gasteiger partial charge in [-0.1, -0.05) is 11.6 Å². The molecular weight excluding hydrogens is 188 g/mol. The monoisotopic (exact) mass is 196 g/mol. The maximum Gasteiger partial charge on any atom is 0.234 e. The van der Waals surface area contributed by atoms with Crippen LogP contribution in [-0.2, 0) is 7.05 Å². The van der Waals surface area contributed by atoms with Crippen molar-refractivity contribution < 1.29 is 4.74 Å². The van der Waals surface area contributed by atoms with Gasteiger partial charge in [-0.2, -0.15) is 4.98 Å². The van der Waals surface area contributed by atoms with Crippen molar-refractivity contribution in [1.29, 1.82) is 0 Å². The average Bonchev–Trinajstić information content (AvgIpc) is 2.46. The third-order valence-corrected chi connectivity index (χ3v) is 2.23. The predicted octanol–water partition coefficient (Wildman–Crippen LogP) is 2.24.